The third-order valence-electron chi connectivity index (χ3n) is 3.41. The molecule has 0 aromatic heterocycles. The van der Waals surface area contributed by atoms with Crippen LogP contribution >= 0.6 is 0 Å². The van der Waals surface area contributed by atoms with Gasteiger partial charge in [0.1, 0.15) is 6.10 Å². The molecule has 0 bridgehead atoms. The summed E-state index contributed by atoms with van der Waals surface area (Å²) in [7, 11) is 0. The zero-order valence-electron chi connectivity index (χ0n) is 11.7. The van der Waals surface area contributed by atoms with Gasteiger partial charge in [0.05, 0.1) is 0 Å². The lowest BCUT2D eigenvalue weighted by Gasteiger charge is -2.31. The lowest BCUT2D eigenvalue weighted by atomic mass is 9.82. The molecule has 2 N–H and O–H groups in total. The number of nitrogens with two attached hydrogens (primary N) is 1. The molecule has 1 fully saturated rings. The van der Waals surface area contributed by atoms with E-state index in [4.69, 9.17) is 10.5 Å². The zero-order valence-corrected chi connectivity index (χ0v) is 11.7. The van der Waals surface area contributed by atoms with Crippen molar-refractivity contribution in [2.75, 3.05) is 0 Å². The molecule has 0 amide bonds. The molecule has 0 spiro atoms. The summed E-state index contributed by atoms with van der Waals surface area (Å²) in [6, 6.07) is 0. The highest BCUT2D eigenvalue weighted by atomic mass is 16.5. The second kappa shape index (κ2) is 5.85. The van der Waals surface area contributed by atoms with Crippen molar-refractivity contribution in [1.29, 1.82) is 0 Å². The van der Waals surface area contributed by atoms with Gasteiger partial charge in [-0.25, -0.2) is 0 Å². The molecule has 0 radical (unpaired) electrons. The molecule has 3 nitrogen and oxygen atoms in total. The molecular weight excluding hydrogens is 214 g/mol. The van der Waals surface area contributed by atoms with Crippen LogP contribution in [0.2, 0.25) is 0 Å². The van der Waals surface area contributed by atoms with Crippen LogP contribution in [0.1, 0.15) is 59.8 Å². The van der Waals surface area contributed by atoms with Gasteiger partial charge in [-0.2, -0.15) is 0 Å². The van der Waals surface area contributed by atoms with Crippen LogP contribution in [0.4, 0.5) is 0 Å². The van der Waals surface area contributed by atoms with Crippen molar-refractivity contribution in [1.82, 2.24) is 0 Å². The van der Waals surface area contributed by atoms with E-state index < -0.39 is 0 Å². The van der Waals surface area contributed by atoms with E-state index in [1.165, 1.54) is 6.42 Å². The summed E-state index contributed by atoms with van der Waals surface area (Å²) in [5, 5.41) is 0. The van der Waals surface area contributed by atoms with E-state index in [2.05, 4.69) is 13.8 Å². The number of carbonyl (C=O) groups is 1. The Kier molecular flexibility index (Phi) is 4.99. The van der Waals surface area contributed by atoms with E-state index in [-0.39, 0.29) is 17.6 Å². The number of esters is 1. The molecule has 0 aromatic carbocycles. The number of hydrogen-bond donors (Lipinski definition) is 1. The van der Waals surface area contributed by atoms with Gasteiger partial charge >= 0.3 is 5.97 Å². The predicted octanol–water partition coefficient (Wildman–Crippen LogP) is 2.87. The van der Waals surface area contributed by atoms with Gasteiger partial charge in [-0.1, -0.05) is 13.8 Å². The number of ether oxygens (including phenoxy) is 1. The smallest absolute Gasteiger partial charge is 0.306 e. The number of rotatable bonds is 4. The fourth-order valence-corrected chi connectivity index (χ4v) is 2.64. The number of hydrogen-bond acceptors (Lipinski definition) is 3. The van der Waals surface area contributed by atoms with E-state index in [9.17, 15) is 4.79 Å². The van der Waals surface area contributed by atoms with E-state index in [0.717, 1.165) is 12.8 Å². The highest BCUT2D eigenvalue weighted by Crippen LogP contribution is 2.30. The maximum atomic E-state index is 11.7. The molecule has 100 valence electrons. The molecule has 1 saturated carbocycles. The van der Waals surface area contributed by atoms with E-state index in [0.29, 0.717) is 24.7 Å². The normalized spacial score (nSPS) is 30.1. The maximum absolute atomic E-state index is 11.7. The Hall–Kier alpha value is -0.570. The highest BCUT2D eigenvalue weighted by molar-refractivity contribution is 5.69. The van der Waals surface area contributed by atoms with Gasteiger partial charge < -0.3 is 10.5 Å². The first-order valence-electron chi connectivity index (χ1n) is 6.74. The first-order chi connectivity index (χ1) is 7.76. The summed E-state index contributed by atoms with van der Waals surface area (Å²) in [6.45, 7) is 8.34. The number of carbonyl (C=O) groups excluding carboxylic acids is 1. The minimum absolute atomic E-state index is 0.0881. The van der Waals surface area contributed by atoms with Crippen LogP contribution < -0.4 is 5.73 Å². The summed E-state index contributed by atoms with van der Waals surface area (Å²) in [5.41, 5.74) is 5.57. The van der Waals surface area contributed by atoms with E-state index in [1.807, 2.05) is 13.8 Å². The highest BCUT2D eigenvalue weighted by Gasteiger charge is 2.26. The average molecular weight is 241 g/mol. The lowest BCUT2D eigenvalue weighted by molar-refractivity contribution is -0.152. The molecule has 1 aliphatic carbocycles. The minimum Gasteiger partial charge on any atom is -0.462 e. The Morgan fingerprint density at radius 1 is 1.24 bits per heavy atom. The Labute approximate surface area is 105 Å². The third-order valence-corrected chi connectivity index (χ3v) is 3.41. The van der Waals surface area contributed by atoms with Crippen LogP contribution in [-0.4, -0.2) is 17.6 Å². The quantitative estimate of drug-likeness (QED) is 0.770. The van der Waals surface area contributed by atoms with Crippen molar-refractivity contribution in [3.8, 4) is 0 Å². The Bertz CT molecular complexity index is 247. The molecule has 17 heavy (non-hydrogen) atoms. The van der Waals surface area contributed by atoms with Crippen LogP contribution in [-0.2, 0) is 9.53 Å². The predicted molar refractivity (Wildman–Crippen MR) is 69.6 cm³/mol. The van der Waals surface area contributed by atoms with Crippen molar-refractivity contribution in [3.05, 3.63) is 0 Å². The van der Waals surface area contributed by atoms with Crippen molar-refractivity contribution in [3.63, 3.8) is 0 Å². The van der Waals surface area contributed by atoms with Crippen molar-refractivity contribution in [2.45, 2.75) is 71.4 Å². The molecule has 3 heteroatoms. The van der Waals surface area contributed by atoms with E-state index >= 15 is 0 Å². The van der Waals surface area contributed by atoms with Gasteiger partial charge in [-0.15, -0.1) is 0 Å². The molecule has 0 heterocycles. The minimum atomic E-state index is -0.286. The van der Waals surface area contributed by atoms with Crippen molar-refractivity contribution < 1.29 is 9.53 Å². The van der Waals surface area contributed by atoms with Crippen LogP contribution in [0.3, 0.4) is 0 Å². The van der Waals surface area contributed by atoms with Crippen LogP contribution in [0.15, 0.2) is 0 Å². The molecule has 0 aliphatic heterocycles. The summed E-state index contributed by atoms with van der Waals surface area (Å²) in [5.74, 6) is 1.25. The van der Waals surface area contributed by atoms with Gasteiger partial charge in [0.15, 0.2) is 0 Å². The van der Waals surface area contributed by atoms with Crippen LogP contribution in [0.5, 0.6) is 0 Å². The van der Waals surface area contributed by atoms with Crippen molar-refractivity contribution >= 4 is 5.97 Å². The Morgan fingerprint density at radius 2 is 1.76 bits per heavy atom. The summed E-state index contributed by atoms with van der Waals surface area (Å²) in [4.78, 5) is 11.7. The maximum Gasteiger partial charge on any atom is 0.306 e. The fourth-order valence-electron chi connectivity index (χ4n) is 2.64. The topological polar surface area (TPSA) is 52.3 Å². The average Bonchev–Trinajstić information content (AvgIpc) is 2.11. The van der Waals surface area contributed by atoms with Gasteiger partial charge in [0.25, 0.3) is 0 Å². The largest absolute Gasteiger partial charge is 0.462 e. The Morgan fingerprint density at radius 3 is 2.24 bits per heavy atom. The first kappa shape index (κ1) is 14.5. The van der Waals surface area contributed by atoms with Crippen LogP contribution in [0.25, 0.3) is 0 Å². The summed E-state index contributed by atoms with van der Waals surface area (Å²) in [6.07, 6.45) is 4.53. The fraction of sp³-hybridized carbons (Fsp3) is 0.929. The zero-order chi connectivity index (χ0) is 13.1. The first-order valence-corrected chi connectivity index (χ1v) is 6.74. The molecule has 0 aromatic rings. The lowest BCUT2D eigenvalue weighted by Crippen LogP contribution is -2.33. The van der Waals surface area contributed by atoms with Crippen molar-refractivity contribution in [2.24, 2.45) is 17.6 Å². The van der Waals surface area contributed by atoms with Gasteiger partial charge in [-0.3, -0.25) is 4.79 Å². The molecule has 0 saturated heterocycles. The summed E-state index contributed by atoms with van der Waals surface area (Å²) < 4.78 is 5.53. The van der Waals surface area contributed by atoms with Crippen LogP contribution in [0, 0.1) is 11.8 Å². The van der Waals surface area contributed by atoms with Gasteiger partial charge in [-0.05, 0) is 51.4 Å². The molecule has 2 atom stereocenters. The monoisotopic (exact) mass is 241 g/mol. The molecule has 1 rings (SSSR count). The van der Waals surface area contributed by atoms with E-state index in [1.54, 1.807) is 0 Å². The second-order valence-electron chi connectivity index (χ2n) is 6.52. The molecular formula is C14H27NO2. The summed E-state index contributed by atoms with van der Waals surface area (Å²) >= 11 is 0. The standard InChI is InChI=1S/C14H27NO2/c1-10-7-11(2)9-12(8-10)17-13(16)5-6-14(3,4)15/h10-12H,5-9,15H2,1-4H3. The third kappa shape index (κ3) is 6.06. The second-order valence-corrected chi connectivity index (χ2v) is 6.52. The van der Waals surface area contributed by atoms with Gasteiger partial charge in [0.2, 0.25) is 0 Å². The Balaban J connectivity index is 2.30. The van der Waals surface area contributed by atoms with Gasteiger partial charge in [0, 0.05) is 12.0 Å². The molecule has 2 unspecified atom stereocenters. The molecule has 1 aliphatic rings. The SMILES string of the molecule is CC1CC(C)CC(OC(=O)CCC(C)(C)N)C1.